The average Bonchev–Trinajstić information content (AvgIpc) is 2.97. The lowest BCUT2D eigenvalue weighted by atomic mass is 10.1. The molecule has 0 radical (unpaired) electrons. The van der Waals surface area contributed by atoms with E-state index in [0.29, 0.717) is 18.2 Å². The fourth-order valence-electron chi connectivity index (χ4n) is 2.46. The van der Waals surface area contributed by atoms with Crippen molar-refractivity contribution in [2.24, 2.45) is 0 Å². The van der Waals surface area contributed by atoms with Crippen LogP contribution in [0.2, 0.25) is 0 Å². The summed E-state index contributed by atoms with van der Waals surface area (Å²) in [7, 11) is 0. The molecule has 0 fully saturated rings. The third-order valence-corrected chi connectivity index (χ3v) is 3.69. The third-order valence-electron chi connectivity index (χ3n) is 3.69. The number of aromatic nitrogens is 2. The maximum atomic E-state index is 12.3. The van der Waals surface area contributed by atoms with E-state index in [2.05, 4.69) is 28.7 Å². The molecular formula is C18H19N3O. The molecule has 22 heavy (non-hydrogen) atoms. The van der Waals surface area contributed by atoms with Gasteiger partial charge in [0.15, 0.2) is 0 Å². The molecule has 3 aromatic rings. The monoisotopic (exact) mass is 293 g/mol. The fraction of sp³-hybridized carbons (Fsp3) is 0.222. The van der Waals surface area contributed by atoms with Crippen molar-refractivity contribution in [2.45, 2.75) is 26.4 Å². The number of carbonyl (C=O) groups excluding carboxylic acids is 1. The van der Waals surface area contributed by atoms with E-state index in [1.165, 1.54) is 0 Å². The van der Waals surface area contributed by atoms with E-state index in [4.69, 9.17) is 0 Å². The van der Waals surface area contributed by atoms with Crippen LogP contribution in [0.3, 0.4) is 0 Å². The first kappa shape index (κ1) is 14.3. The van der Waals surface area contributed by atoms with Gasteiger partial charge in [-0.05, 0) is 37.6 Å². The largest absolute Gasteiger partial charge is 0.348 e. The lowest BCUT2D eigenvalue weighted by Crippen LogP contribution is -2.22. The second-order valence-corrected chi connectivity index (χ2v) is 5.62. The van der Waals surface area contributed by atoms with Gasteiger partial charge in [-0.3, -0.25) is 4.79 Å². The maximum Gasteiger partial charge on any atom is 0.251 e. The van der Waals surface area contributed by atoms with Gasteiger partial charge in [-0.25, -0.2) is 4.98 Å². The average molecular weight is 293 g/mol. The zero-order chi connectivity index (χ0) is 15.5. The minimum Gasteiger partial charge on any atom is -0.348 e. The van der Waals surface area contributed by atoms with Gasteiger partial charge < -0.3 is 9.88 Å². The van der Waals surface area contributed by atoms with Crippen LogP contribution in [0.4, 0.5) is 0 Å². The summed E-state index contributed by atoms with van der Waals surface area (Å²) in [4.78, 5) is 16.6. The Bertz CT molecular complexity index is 790. The molecule has 4 nitrogen and oxygen atoms in total. The minimum atomic E-state index is -0.0788. The van der Waals surface area contributed by atoms with Crippen molar-refractivity contribution in [3.63, 3.8) is 0 Å². The molecule has 0 unspecified atom stereocenters. The van der Waals surface area contributed by atoms with E-state index in [1.807, 2.05) is 54.9 Å². The van der Waals surface area contributed by atoms with E-state index in [1.54, 1.807) is 0 Å². The highest BCUT2D eigenvalue weighted by atomic mass is 16.1. The molecule has 0 aliphatic heterocycles. The zero-order valence-corrected chi connectivity index (χ0v) is 12.8. The van der Waals surface area contributed by atoms with Gasteiger partial charge in [0.1, 0.15) is 0 Å². The van der Waals surface area contributed by atoms with Crippen LogP contribution in [0.5, 0.6) is 0 Å². The molecule has 1 amide bonds. The van der Waals surface area contributed by atoms with E-state index >= 15 is 0 Å². The summed E-state index contributed by atoms with van der Waals surface area (Å²) in [6.45, 7) is 4.75. The van der Waals surface area contributed by atoms with Gasteiger partial charge in [0, 0.05) is 18.2 Å². The van der Waals surface area contributed by atoms with Gasteiger partial charge in [-0.15, -0.1) is 0 Å². The summed E-state index contributed by atoms with van der Waals surface area (Å²) >= 11 is 0. The zero-order valence-electron chi connectivity index (χ0n) is 12.8. The maximum absolute atomic E-state index is 12.3. The van der Waals surface area contributed by atoms with Gasteiger partial charge in [0.2, 0.25) is 0 Å². The van der Waals surface area contributed by atoms with Gasteiger partial charge in [-0.1, -0.05) is 30.3 Å². The van der Waals surface area contributed by atoms with Crippen LogP contribution in [0, 0.1) is 0 Å². The van der Waals surface area contributed by atoms with Crippen LogP contribution in [0.1, 0.15) is 35.8 Å². The second-order valence-electron chi connectivity index (χ2n) is 5.62. The molecule has 1 heterocycles. The topological polar surface area (TPSA) is 46.9 Å². The molecule has 0 aliphatic rings. The van der Waals surface area contributed by atoms with Crippen LogP contribution in [-0.4, -0.2) is 15.5 Å². The number of amides is 1. The van der Waals surface area contributed by atoms with Crippen LogP contribution in [0.25, 0.3) is 11.0 Å². The Balaban J connectivity index is 1.77. The number of carbonyl (C=O) groups is 1. The molecule has 112 valence electrons. The van der Waals surface area contributed by atoms with Crippen molar-refractivity contribution < 1.29 is 4.79 Å². The molecule has 0 atom stereocenters. The summed E-state index contributed by atoms with van der Waals surface area (Å²) in [6, 6.07) is 15.9. The highest BCUT2D eigenvalue weighted by Crippen LogP contribution is 2.18. The van der Waals surface area contributed by atoms with Gasteiger partial charge in [0.25, 0.3) is 5.91 Å². The Labute approximate surface area is 129 Å². The van der Waals surface area contributed by atoms with Crippen LogP contribution in [0.15, 0.2) is 54.9 Å². The molecule has 0 saturated heterocycles. The Kier molecular flexibility index (Phi) is 3.92. The standard InChI is InChI=1S/C18H19N3O/c1-13(2)21-12-20-16-10-15(8-9-17(16)21)18(22)19-11-14-6-4-3-5-7-14/h3-10,12-13H,11H2,1-2H3,(H,19,22). The minimum absolute atomic E-state index is 0.0788. The Morgan fingerprint density at radius 3 is 2.68 bits per heavy atom. The summed E-state index contributed by atoms with van der Waals surface area (Å²) in [6.07, 6.45) is 1.82. The Hall–Kier alpha value is -2.62. The quantitative estimate of drug-likeness (QED) is 0.799. The van der Waals surface area contributed by atoms with Crippen molar-refractivity contribution in [2.75, 3.05) is 0 Å². The van der Waals surface area contributed by atoms with Gasteiger partial charge in [-0.2, -0.15) is 0 Å². The number of imidazole rings is 1. The molecule has 4 heteroatoms. The number of benzene rings is 2. The van der Waals surface area contributed by atoms with Crippen molar-refractivity contribution in [1.29, 1.82) is 0 Å². The van der Waals surface area contributed by atoms with Gasteiger partial charge in [0.05, 0.1) is 17.4 Å². The SMILES string of the molecule is CC(C)n1cnc2cc(C(=O)NCc3ccccc3)ccc21. The lowest BCUT2D eigenvalue weighted by Gasteiger charge is -2.08. The molecule has 3 rings (SSSR count). The molecule has 1 aromatic heterocycles. The Morgan fingerprint density at radius 1 is 1.18 bits per heavy atom. The first-order valence-corrected chi connectivity index (χ1v) is 7.44. The number of nitrogens with one attached hydrogen (secondary N) is 1. The van der Waals surface area contributed by atoms with Crippen LogP contribution < -0.4 is 5.32 Å². The van der Waals surface area contributed by atoms with Crippen molar-refractivity contribution in [1.82, 2.24) is 14.9 Å². The Morgan fingerprint density at radius 2 is 1.95 bits per heavy atom. The summed E-state index contributed by atoms with van der Waals surface area (Å²) < 4.78 is 2.10. The van der Waals surface area contributed by atoms with E-state index in [9.17, 15) is 4.79 Å². The number of rotatable bonds is 4. The van der Waals surface area contributed by atoms with Crippen LogP contribution in [-0.2, 0) is 6.54 Å². The van der Waals surface area contributed by atoms with E-state index in [-0.39, 0.29) is 5.91 Å². The second kappa shape index (κ2) is 6.02. The summed E-state index contributed by atoms with van der Waals surface area (Å²) in [5.74, 6) is -0.0788. The molecule has 0 aliphatic carbocycles. The number of hydrogen-bond acceptors (Lipinski definition) is 2. The van der Waals surface area contributed by atoms with Crippen LogP contribution >= 0.6 is 0 Å². The van der Waals surface area contributed by atoms with Crippen molar-refractivity contribution >= 4 is 16.9 Å². The summed E-state index contributed by atoms with van der Waals surface area (Å²) in [5.41, 5.74) is 3.62. The van der Waals surface area contributed by atoms with Crippen molar-refractivity contribution in [3.8, 4) is 0 Å². The van der Waals surface area contributed by atoms with E-state index in [0.717, 1.165) is 16.6 Å². The predicted octanol–water partition coefficient (Wildman–Crippen LogP) is 3.55. The number of fused-ring (bicyclic) bond motifs is 1. The smallest absolute Gasteiger partial charge is 0.251 e. The van der Waals surface area contributed by atoms with Gasteiger partial charge >= 0.3 is 0 Å². The lowest BCUT2D eigenvalue weighted by molar-refractivity contribution is 0.0951. The van der Waals surface area contributed by atoms with E-state index < -0.39 is 0 Å². The number of nitrogens with zero attached hydrogens (tertiary/aromatic N) is 2. The molecule has 0 saturated carbocycles. The molecule has 2 aromatic carbocycles. The predicted molar refractivity (Wildman–Crippen MR) is 87.7 cm³/mol. The molecule has 0 spiro atoms. The number of hydrogen-bond donors (Lipinski definition) is 1. The summed E-state index contributed by atoms with van der Waals surface area (Å²) in [5, 5.41) is 2.94. The van der Waals surface area contributed by atoms with Crippen molar-refractivity contribution in [3.05, 3.63) is 66.0 Å². The molecule has 1 N–H and O–H groups in total. The molecular weight excluding hydrogens is 274 g/mol. The first-order chi connectivity index (χ1) is 10.6. The third kappa shape index (κ3) is 2.86. The fourth-order valence-corrected chi connectivity index (χ4v) is 2.46. The highest BCUT2D eigenvalue weighted by Gasteiger charge is 2.10. The molecule has 0 bridgehead atoms. The first-order valence-electron chi connectivity index (χ1n) is 7.44. The normalized spacial score (nSPS) is 11.0. The highest BCUT2D eigenvalue weighted by molar-refractivity contribution is 5.97.